The fraction of sp³-hybridized carbons (Fsp3) is 0.111. The van der Waals surface area contributed by atoms with Crippen molar-refractivity contribution in [3.05, 3.63) is 23.2 Å². The molecule has 0 atom stereocenters. The Morgan fingerprint density at radius 3 is 2.85 bits per heavy atom. The normalized spacial score (nSPS) is 10.7. The van der Waals surface area contributed by atoms with E-state index >= 15 is 0 Å². The van der Waals surface area contributed by atoms with Crippen molar-refractivity contribution in [1.82, 2.24) is 0 Å². The summed E-state index contributed by atoms with van der Waals surface area (Å²) in [6.07, 6.45) is 0. The van der Waals surface area contributed by atoms with Gasteiger partial charge in [0.15, 0.2) is 0 Å². The van der Waals surface area contributed by atoms with Crippen LogP contribution in [0.3, 0.4) is 0 Å². The SMILES string of the molecule is COc1cc(Cl)c2cc(S)sc2c1. The summed E-state index contributed by atoms with van der Waals surface area (Å²) >= 11 is 11.9. The monoisotopic (exact) mass is 230 g/mol. The van der Waals surface area contributed by atoms with E-state index in [1.807, 2.05) is 18.2 Å². The van der Waals surface area contributed by atoms with Gasteiger partial charge in [0.25, 0.3) is 0 Å². The van der Waals surface area contributed by atoms with Crippen LogP contribution in [0.15, 0.2) is 22.4 Å². The summed E-state index contributed by atoms with van der Waals surface area (Å²) in [5.74, 6) is 0.785. The fourth-order valence-electron chi connectivity index (χ4n) is 1.18. The van der Waals surface area contributed by atoms with Gasteiger partial charge in [-0.2, -0.15) is 0 Å². The minimum atomic E-state index is 0.714. The molecule has 0 radical (unpaired) electrons. The number of thiophene rings is 1. The van der Waals surface area contributed by atoms with Gasteiger partial charge in [0.2, 0.25) is 0 Å². The van der Waals surface area contributed by atoms with E-state index in [1.54, 1.807) is 18.4 Å². The molecule has 0 unspecified atom stereocenters. The number of fused-ring (bicyclic) bond motifs is 1. The number of halogens is 1. The van der Waals surface area contributed by atoms with Gasteiger partial charge in [0.05, 0.1) is 16.3 Å². The zero-order valence-corrected chi connectivity index (χ0v) is 9.34. The van der Waals surface area contributed by atoms with Crippen molar-refractivity contribution >= 4 is 45.7 Å². The molecule has 13 heavy (non-hydrogen) atoms. The third-order valence-corrected chi connectivity index (χ3v) is 3.38. The first-order chi connectivity index (χ1) is 6.20. The number of hydrogen-bond donors (Lipinski definition) is 1. The van der Waals surface area contributed by atoms with Crippen molar-refractivity contribution in [3.8, 4) is 5.75 Å². The van der Waals surface area contributed by atoms with Crippen LogP contribution >= 0.6 is 35.6 Å². The van der Waals surface area contributed by atoms with E-state index in [2.05, 4.69) is 12.6 Å². The molecule has 0 aliphatic rings. The predicted octanol–water partition coefficient (Wildman–Crippen LogP) is 3.85. The van der Waals surface area contributed by atoms with Crippen molar-refractivity contribution in [3.63, 3.8) is 0 Å². The number of methoxy groups -OCH3 is 1. The average Bonchev–Trinajstić information content (AvgIpc) is 2.46. The third kappa shape index (κ3) is 1.64. The first kappa shape index (κ1) is 9.19. The van der Waals surface area contributed by atoms with Crippen LogP contribution in [0, 0.1) is 0 Å². The van der Waals surface area contributed by atoms with Crippen LogP contribution < -0.4 is 4.74 Å². The Hall–Kier alpha value is -0.380. The van der Waals surface area contributed by atoms with Crippen molar-refractivity contribution in [1.29, 1.82) is 0 Å². The lowest BCUT2D eigenvalue weighted by Gasteiger charge is -2.00. The van der Waals surface area contributed by atoms with Crippen LogP contribution in [0.4, 0.5) is 0 Å². The van der Waals surface area contributed by atoms with Crippen molar-refractivity contribution in [2.24, 2.45) is 0 Å². The van der Waals surface area contributed by atoms with Crippen LogP contribution in [0.25, 0.3) is 10.1 Å². The zero-order chi connectivity index (χ0) is 9.42. The van der Waals surface area contributed by atoms with Crippen LogP contribution in [0.2, 0.25) is 5.02 Å². The van der Waals surface area contributed by atoms with Gasteiger partial charge in [0, 0.05) is 10.1 Å². The molecule has 1 nitrogen and oxygen atoms in total. The Labute approximate surface area is 90.7 Å². The molecule has 0 amide bonds. The largest absolute Gasteiger partial charge is 0.497 e. The summed E-state index contributed by atoms with van der Waals surface area (Å²) in [4.78, 5) is 0. The standard InChI is InChI=1S/C9H7ClOS2/c1-11-5-2-7(10)6-4-9(12)13-8(6)3-5/h2-4,12H,1H3. The van der Waals surface area contributed by atoms with Gasteiger partial charge < -0.3 is 4.74 Å². The van der Waals surface area contributed by atoms with Gasteiger partial charge in [0.1, 0.15) is 5.75 Å². The molecule has 1 heterocycles. The van der Waals surface area contributed by atoms with E-state index in [0.29, 0.717) is 5.02 Å². The minimum absolute atomic E-state index is 0.714. The molecule has 2 aromatic rings. The molecular weight excluding hydrogens is 224 g/mol. The average molecular weight is 231 g/mol. The Morgan fingerprint density at radius 1 is 1.38 bits per heavy atom. The summed E-state index contributed by atoms with van der Waals surface area (Å²) in [6, 6.07) is 5.74. The van der Waals surface area contributed by atoms with E-state index < -0.39 is 0 Å². The van der Waals surface area contributed by atoms with Crippen LogP contribution in [-0.2, 0) is 0 Å². The van der Waals surface area contributed by atoms with Gasteiger partial charge in [-0.15, -0.1) is 24.0 Å². The van der Waals surface area contributed by atoms with Gasteiger partial charge in [-0.25, -0.2) is 0 Å². The highest BCUT2D eigenvalue weighted by atomic mass is 35.5. The molecule has 2 rings (SSSR count). The second kappa shape index (κ2) is 3.40. The Morgan fingerprint density at radius 2 is 2.15 bits per heavy atom. The molecule has 0 aliphatic heterocycles. The van der Waals surface area contributed by atoms with Crippen LogP contribution in [0.1, 0.15) is 0 Å². The van der Waals surface area contributed by atoms with Crippen molar-refractivity contribution in [2.75, 3.05) is 7.11 Å². The van der Waals surface area contributed by atoms with E-state index in [9.17, 15) is 0 Å². The number of thiol groups is 1. The second-order valence-electron chi connectivity index (χ2n) is 2.61. The molecule has 68 valence electrons. The third-order valence-electron chi connectivity index (χ3n) is 1.78. The molecule has 4 heteroatoms. The first-order valence-electron chi connectivity index (χ1n) is 3.67. The van der Waals surface area contributed by atoms with Gasteiger partial charge in [-0.1, -0.05) is 11.6 Å². The molecular formula is C9H7ClOS2. The predicted molar refractivity (Wildman–Crippen MR) is 60.6 cm³/mol. The first-order valence-corrected chi connectivity index (χ1v) is 5.31. The topological polar surface area (TPSA) is 9.23 Å². The van der Waals surface area contributed by atoms with E-state index in [0.717, 1.165) is 20.0 Å². The molecule has 0 N–H and O–H groups in total. The molecule has 0 bridgehead atoms. The summed E-state index contributed by atoms with van der Waals surface area (Å²) in [6.45, 7) is 0. The maximum atomic E-state index is 6.05. The quantitative estimate of drug-likeness (QED) is 0.733. The maximum absolute atomic E-state index is 6.05. The fourth-order valence-corrected chi connectivity index (χ4v) is 2.78. The van der Waals surface area contributed by atoms with Crippen LogP contribution in [0.5, 0.6) is 5.75 Å². The van der Waals surface area contributed by atoms with E-state index in [4.69, 9.17) is 16.3 Å². The smallest absolute Gasteiger partial charge is 0.121 e. The molecule has 1 aromatic heterocycles. The Balaban J connectivity index is 2.75. The molecule has 1 aromatic carbocycles. The lowest BCUT2D eigenvalue weighted by atomic mass is 10.2. The number of rotatable bonds is 1. The van der Waals surface area contributed by atoms with Crippen LogP contribution in [-0.4, -0.2) is 7.11 Å². The molecule has 0 fully saturated rings. The van der Waals surface area contributed by atoms with Gasteiger partial charge in [-0.3, -0.25) is 0 Å². The molecule has 0 spiro atoms. The summed E-state index contributed by atoms with van der Waals surface area (Å²) in [5, 5.41) is 1.75. The maximum Gasteiger partial charge on any atom is 0.121 e. The van der Waals surface area contributed by atoms with Crippen molar-refractivity contribution in [2.45, 2.75) is 4.21 Å². The van der Waals surface area contributed by atoms with Gasteiger partial charge in [-0.05, 0) is 18.2 Å². The highest BCUT2D eigenvalue weighted by molar-refractivity contribution is 7.83. The Bertz CT molecular complexity index is 450. The summed E-state index contributed by atoms with van der Waals surface area (Å²) in [5.41, 5.74) is 0. The zero-order valence-electron chi connectivity index (χ0n) is 6.87. The van der Waals surface area contributed by atoms with E-state index in [-0.39, 0.29) is 0 Å². The molecule has 0 aliphatic carbocycles. The lowest BCUT2D eigenvalue weighted by molar-refractivity contribution is 0.415. The Kier molecular flexibility index (Phi) is 2.41. The highest BCUT2D eigenvalue weighted by Crippen LogP contribution is 2.36. The number of benzene rings is 1. The summed E-state index contributed by atoms with van der Waals surface area (Å²) in [7, 11) is 1.63. The second-order valence-corrected chi connectivity index (χ2v) is 4.88. The summed E-state index contributed by atoms with van der Waals surface area (Å²) < 4.78 is 7.18. The number of ether oxygens (including phenoxy) is 1. The van der Waals surface area contributed by atoms with E-state index in [1.165, 1.54) is 0 Å². The minimum Gasteiger partial charge on any atom is -0.497 e. The lowest BCUT2D eigenvalue weighted by Crippen LogP contribution is -1.81. The van der Waals surface area contributed by atoms with Crippen molar-refractivity contribution < 1.29 is 4.74 Å². The highest BCUT2D eigenvalue weighted by Gasteiger charge is 2.05. The van der Waals surface area contributed by atoms with Gasteiger partial charge >= 0.3 is 0 Å². The number of hydrogen-bond acceptors (Lipinski definition) is 3. The molecule has 0 saturated carbocycles. The molecule has 0 saturated heterocycles.